The largest absolute Gasteiger partial charge is 0.339 e. The van der Waals surface area contributed by atoms with Gasteiger partial charge < -0.3 is 4.90 Å². The first-order valence-corrected chi connectivity index (χ1v) is 7.75. The van der Waals surface area contributed by atoms with Gasteiger partial charge in [0.05, 0.1) is 0 Å². The van der Waals surface area contributed by atoms with Crippen LogP contribution in [0.5, 0.6) is 0 Å². The normalized spacial score (nSPS) is 18.7. The van der Waals surface area contributed by atoms with Crippen LogP contribution in [0.15, 0.2) is 12.1 Å². The van der Waals surface area contributed by atoms with Gasteiger partial charge in [0, 0.05) is 24.3 Å². The van der Waals surface area contributed by atoms with Gasteiger partial charge in [0.2, 0.25) is 0 Å². The number of hydrogen-bond donors (Lipinski definition) is 0. The molecule has 0 saturated carbocycles. The zero-order valence-corrected chi connectivity index (χ0v) is 13.3. The van der Waals surface area contributed by atoms with E-state index in [2.05, 4.69) is 18.8 Å². The summed E-state index contributed by atoms with van der Waals surface area (Å²) in [5.74, 6) is 0.0849. The van der Waals surface area contributed by atoms with Gasteiger partial charge >= 0.3 is 0 Å². The molecule has 0 radical (unpaired) electrons. The number of aryl methyl sites for hydroxylation is 1. The van der Waals surface area contributed by atoms with E-state index in [0.717, 1.165) is 38.0 Å². The Bertz CT molecular complexity index is 499. The molecule has 3 nitrogen and oxygen atoms in total. The maximum absolute atomic E-state index is 12.6. The van der Waals surface area contributed by atoms with Gasteiger partial charge in [0.1, 0.15) is 5.15 Å². The van der Waals surface area contributed by atoms with Crippen LogP contribution in [0.25, 0.3) is 0 Å². The summed E-state index contributed by atoms with van der Waals surface area (Å²) in [6.45, 7) is 8.23. The molecule has 0 bridgehead atoms. The van der Waals surface area contributed by atoms with Gasteiger partial charge in [-0.25, -0.2) is 4.98 Å². The first-order valence-electron chi connectivity index (χ1n) is 7.37. The number of aromatic nitrogens is 1. The van der Waals surface area contributed by atoms with Crippen molar-refractivity contribution in [2.75, 3.05) is 13.1 Å². The third kappa shape index (κ3) is 3.72. The minimum absolute atomic E-state index is 0.0849. The molecular formula is C16H23ClN2O. The van der Waals surface area contributed by atoms with Crippen molar-refractivity contribution in [3.63, 3.8) is 0 Å². The summed E-state index contributed by atoms with van der Waals surface area (Å²) in [5.41, 5.74) is 1.87. The molecular weight excluding hydrogens is 272 g/mol. The molecule has 1 aromatic heterocycles. The van der Waals surface area contributed by atoms with Crippen molar-refractivity contribution in [2.24, 2.45) is 5.41 Å². The Balaban J connectivity index is 2.16. The first-order chi connectivity index (χ1) is 9.41. The lowest BCUT2D eigenvalue weighted by atomic mass is 9.85. The fourth-order valence-corrected chi connectivity index (χ4v) is 2.89. The fraction of sp³-hybridized carbons (Fsp3) is 0.625. The molecule has 1 saturated heterocycles. The van der Waals surface area contributed by atoms with Gasteiger partial charge in [-0.1, -0.05) is 32.4 Å². The topological polar surface area (TPSA) is 33.2 Å². The van der Waals surface area contributed by atoms with Crippen molar-refractivity contribution in [1.82, 2.24) is 9.88 Å². The number of carbonyl (C=O) groups excluding carboxylic acids is 1. The average Bonchev–Trinajstić information content (AvgIpc) is 2.58. The van der Waals surface area contributed by atoms with Crippen molar-refractivity contribution in [3.8, 4) is 0 Å². The Labute approximate surface area is 126 Å². The minimum Gasteiger partial charge on any atom is -0.339 e. The van der Waals surface area contributed by atoms with E-state index in [1.807, 2.05) is 17.9 Å². The van der Waals surface area contributed by atoms with Crippen molar-refractivity contribution in [1.29, 1.82) is 0 Å². The number of halogens is 1. The molecule has 0 aromatic carbocycles. The molecule has 1 amide bonds. The second kappa shape index (κ2) is 6.13. The summed E-state index contributed by atoms with van der Waals surface area (Å²) in [6.07, 6.45) is 4.08. The highest BCUT2D eigenvalue weighted by Gasteiger charge is 2.26. The van der Waals surface area contributed by atoms with Crippen LogP contribution in [-0.4, -0.2) is 28.9 Å². The molecule has 4 heteroatoms. The Morgan fingerprint density at radius 2 is 2.10 bits per heavy atom. The molecule has 1 fully saturated rings. The van der Waals surface area contributed by atoms with E-state index in [9.17, 15) is 4.79 Å². The zero-order chi connectivity index (χ0) is 14.8. The van der Waals surface area contributed by atoms with Crippen molar-refractivity contribution >= 4 is 17.5 Å². The van der Waals surface area contributed by atoms with Gasteiger partial charge in [0.25, 0.3) is 5.91 Å². The predicted molar refractivity (Wildman–Crippen MR) is 82.2 cm³/mol. The zero-order valence-electron chi connectivity index (χ0n) is 12.6. The molecule has 1 aliphatic heterocycles. The molecule has 2 heterocycles. The number of rotatable bonds is 2. The molecule has 2 rings (SSSR count). The number of likely N-dealkylation sites (tertiary alicyclic amines) is 1. The Morgan fingerprint density at radius 1 is 1.35 bits per heavy atom. The molecule has 0 aliphatic carbocycles. The van der Waals surface area contributed by atoms with Gasteiger partial charge in [-0.15, -0.1) is 0 Å². The third-order valence-electron chi connectivity index (χ3n) is 4.08. The van der Waals surface area contributed by atoms with Crippen LogP contribution in [0.2, 0.25) is 5.15 Å². The lowest BCUT2D eigenvalue weighted by Crippen LogP contribution is -2.32. The second-order valence-corrected chi connectivity index (χ2v) is 6.72. The molecule has 0 unspecified atom stereocenters. The molecule has 1 aromatic rings. The standard InChI is InChI=1S/C16H23ClN2O/c1-4-13-10-12(11-14(17)18-13)15(20)19-8-5-6-16(2,3)7-9-19/h10-11H,4-9H2,1-3H3. The maximum atomic E-state index is 12.6. The molecule has 0 spiro atoms. The summed E-state index contributed by atoms with van der Waals surface area (Å²) in [7, 11) is 0. The van der Waals surface area contributed by atoms with Gasteiger partial charge in [-0.3, -0.25) is 4.79 Å². The van der Waals surface area contributed by atoms with Crippen LogP contribution in [0.3, 0.4) is 0 Å². The number of hydrogen-bond acceptors (Lipinski definition) is 2. The van der Waals surface area contributed by atoms with E-state index >= 15 is 0 Å². The molecule has 0 N–H and O–H groups in total. The number of amides is 1. The highest BCUT2D eigenvalue weighted by molar-refractivity contribution is 6.29. The molecule has 20 heavy (non-hydrogen) atoms. The molecule has 0 atom stereocenters. The van der Waals surface area contributed by atoms with E-state index in [0.29, 0.717) is 16.1 Å². The number of carbonyl (C=O) groups is 1. The fourth-order valence-electron chi connectivity index (χ4n) is 2.66. The number of nitrogens with zero attached hydrogens (tertiary/aromatic N) is 2. The van der Waals surface area contributed by atoms with Crippen LogP contribution < -0.4 is 0 Å². The summed E-state index contributed by atoms with van der Waals surface area (Å²) >= 11 is 6.01. The summed E-state index contributed by atoms with van der Waals surface area (Å²) < 4.78 is 0. The third-order valence-corrected chi connectivity index (χ3v) is 4.28. The lowest BCUT2D eigenvalue weighted by Gasteiger charge is -2.23. The Kier molecular flexibility index (Phi) is 4.69. The molecule has 110 valence electrons. The van der Waals surface area contributed by atoms with E-state index in [-0.39, 0.29) is 5.91 Å². The van der Waals surface area contributed by atoms with Crippen molar-refractivity contribution in [3.05, 3.63) is 28.5 Å². The second-order valence-electron chi connectivity index (χ2n) is 6.33. The summed E-state index contributed by atoms with van der Waals surface area (Å²) in [5, 5.41) is 0.405. The quantitative estimate of drug-likeness (QED) is 0.774. The van der Waals surface area contributed by atoms with Crippen LogP contribution in [-0.2, 0) is 6.42 Å². The van der Waals surface area contributed by atoms with Crippen LogP contribution in [0.1, 0.15) is 56.1 Å². The van der Waals surface area contributed by atoms with E-state index in [4.69, 9.17) is 11.6 Å². The summed E-state index contributed by atoms with van der Waals surface area (Å²) in [4.78, 5) is 18.8. The molecule has 1 aliphatic rings. The Hall–Kier alpha value is -1.09. The Morgan fingerprint density at radius 3 is 2.80 bits per heavy atom. The van der Waals surface area contributed by atoms with Gasteiger partial charge in [-0.05, 0) is 43.2 Å². The summed E-state index contributed by atoms with van der Waals surface area (Å²) in [6, 6.07) is 3.54. The average molecular weight is 295 g/mol. The van der Waals surface area contributed by atoms with E-state index in [1.165, 1.54) is 6.42 Å². The van der Waals surface area contributed by atoms with Gasteiger partial charge in [-0.2, -0.15) is 0 Å². The predicted octanol–water partition coefficient (Wildman–Crippen LogP) is 3.95. The van der Waals surface area contributed by atoms with E-state index in [1.54, 1.807) is 6.07 Å². The number of pyridine rings is 1. The monoisotopic (exact) mass is 294 g/mol. The smallest absolute Gasteiger partial charge is 0.254 e. The first kappa shape index (κ1) is 15.3. The SMILES string of the molecule is CCc1cc(C(=O)N2CCCC(C)(C)CC2)cc(Cl)n1. The minimum atomic E-state index is 0.0849. The maximum Gasteiger partial charge on any atom is 0.254 e. The highest BCUT2D eigenvalue weighted by Crippen LogP contribution is 2.30. The van der Waals surface area contributed by atoms with Crippen LogP contribution >= 0.6 is 11.6 Å². The van der Waals surface area contributed by atoms with E-state index < -0.39 is 0 Å². The van der Waals surface area contributed by atoms with Crippen molar-refractivity contribution < 1.29 is 4.79 Å². The van der Waals surface area contributed by atoms with Gasteiger partial charge in [0.15, 0.2) is 0 Å². The van der Waals surface area contributed by atoms with Crippen LogP contribution in [0, 0.1) is 5.41 Å². The van der Waals surface area contributed by atoms with Crippen LogP contribution in [0.4, 0.5) is 0 Å². The van der Waals surface area contributed by atoms with Crippen molar-refractivity contribution in [2.45, 2.75) is 46.5 Å². The lowest BCUT2D eigenvalue weighted by molar-refractivity contribution is 0.0757. The highest BCUT2D eigenvalue weighted by atomic mass is 35.5.